The molecule has 1 heterocycles. The second-order valence-corrected chi connectivity index (χ2v) is 3.85. The molecular weight excluding hydrogens is 233 g/mol. The summed E-state index contributed by atoms with van der Waals surface area (Å²) in [7, 11) is 1.41. The lowest BCUT2D eigenvalue weighted by atomic mass is 10.00. The summed E-state index contributed by atoms with van der Waals surface area (Å²) in [5.41, 5.74) is 13.3. The van der Waals surface area contributed by atoms with E-state index < -0.39 is 11.9 Å². The minimum atomic E-state index is -0.465. The van der Waals surface area contributed by atoms with Crippen molar-refractivity contribution in [2.75, 3.05) is 12.8 Å². The number of hydrogen-bond acceptors (Lipinski definition) is 4. The molecule has 0 bridgehead atoms. The average molecular weight is 247 g/mol. The first kappa shape index (κ1) is 12.3. The molecule has 1 aromatic heterocycles. The molecule has 5 heteroatoms. The van der Waals surface area contributed by atoms with Crippen LogP contribution >= 0.6 is 0 Å². The van der Waals surface area contributed by atoms with E-state index in [1.165, 1.54) is 13.2 Å². The second-order valence-electron chi connectivity index (χ2n) is 3.85. The number of rotatable bonds is 3. The molecule has 2 aromatic rings. The van der Waals surface area contributed by atoms with Crippen molar-refractivity contribution in [2.24, 2.45) is 5.73 Å². The highest BCUT2D eigenvalue weighted by Gasteiger charge is 2.14. The summed E-state index contributed by atoms with van der Waals surface area (Å²) in [5.74, 6) is 0.103. The van der Waals surface area contributed by atoms with Crippen LogP contribution in [0.3, 0.4) is 0 Å². The van der Waals surface area contributed by atoms with Crippen LogP contribution in [-0.2, 0) is 0 Å². The lowest BCUT2D eigenvalue weighted by Crippen LogP contribution is -2.14. The van der Waals surface area contributed by atoms with Crippen LogP contribution in [0.2, 0.25) is 0 Å². The Morgan fingerprint density at radius 3 is 2.78 bits per heavy atom. The molecule has 0 radical (unpaired) electrons. The number of aromatic nitrogens is 1. The van der Waals surface area contributed by atoms with Gasteiger partial charge in [-0.05, 0) is 23.8 Å². The van der Waals surface area contributed by atoms with Crippen LogP contribution < -0.4 is 16.2 Å². The number of benzene rings is 1. The molecule has 1 aromatic carbocycles. The third-order valence-corrected chi connectivity index (χ3v) is 2.74. The fraction of sp³-hybridized carbons (Fsp3) is 0.154. The van der Waals surface area contributed by atoms with Gasteiger partial charge in [0.2, 0.25) is 0 Å². The number of pyridine rings is 1. The molecule has 0 amide bonds. The maximum absolute atomic E-state index is 13.3. The number of hydrogen-bond donors (Lipinski definition) is 2. The predicted octanol–water partition coefficient (Wildman–Crippen LogP) is 1.86. The van der Waals surface area contributed by atoms with Gasteiger partial charge in [0.1, 0.15) is 5.82 Å². The molecule has 4 N–H and O–H groups in total. The van der Waals surface area contributed by atoms with Gasteiger partial charge in [-0.1, -0.05) is 12.1 Å². The van der Waals surface area contributed by atoms with E-state index in [1.807, 2.05) is 0 Å². The predicted molar refractivity (Wildman–Crippen MR) is 67.6 cm³/mol. The van der Waals surface area contributed by atoms with Gasteiger partial charge in [-0.25, -0.2) is 9.37 Å². The van der Waals surface area contributed by atoms with Gasteiger partial charge >= 0.3 is 0 Å². The molecule has 0 aliphatic carbocycles. The van der Waals surface area contributed by atoms with Crippen LogP contribution in [0.15, 0.2) is 36.5 Å². The third-order valence-electron chi connectivity index (χ3n) is 2.74. The SMILES string of the molecule is COc1cc(C(N)c2cccnc2N)ccc1F. The zero-order chi connectivity index (χ0) is 13.1. The standard InChI is InChI=1S/C13H14FN3O/c1-18-11-7-8(4-5-10(11)14)12(15)9-3-2-6-17-13(9)16/h2-7,12H,15H2,1H3,(H2,16,17). The normalized spacial score (nSPS) is 12.2. The first-order chi connectivity index (χ1) is 8.63. The van der Waals surface area contributed by atoms with E-state index >= 15 is 0 Å². The monoisotopic (exact) mass is 247 g/mol. The zero-order valence-corrected chi connectivity index (χ0v) is 9.93. The van der Waals surface area contributed by atoms with Crippen LogP contribution in [0.25, 0.3) is 0 Å². The minimum absolute atomic E-state index is 0.158. The van der Waals surface area contributed by atoms with E-state index in [0.717, 1.165) is 0 Å². The number of halogens is 1. The third kappa shape index (κ3) is 2.26. The summed E-state index contributed by atoms with van der Waals surface area (Å²) in [6.07, 6.45) is 1.59. The molecular formula is C13H14FN3O. The summed E-state index contributed by atoms with van der Waals surface area (Å²) in [4.78, 5) is 3.98. The lowest BCUT2D eigenvalue weighted by Gasteiger charge is -2.15. The van der Waals surface area contributed by atoms with Crippen molar-refractivity contribution < 1.29 is 9.13 Å². The topological polar surface area (TPSA) is 74.2 Å². The van der Waals surface area contributed by atoms with Gasteiger partial charge in [-0.3, -0.25) is 0 Å². The number of nitrogens with two attached hydrogens (primary N) is 2. The van der Waals surface area contributed by atoms with Crippen molar-refractivity contribution in [3.63, 3.8) is 0 Å². The maximum atomic E-state index is 13.3. The van der Waals surface area contributed by atoms with Crippen LogP contribution in [0.4, 0.5) is 10.2 Å². The highest BCUT2D eigenvalue weighted by Crippen LogP contribution is 2.27. The quantitative estimate of drug-likeness (QED) is 0.868. The van der Waals surface area contributed by atoms with Gasteiger partial charge in [0.05, 0.1) is 13.2 Å². The Hall–Kier alpha value is -2.14. The van der Waals surface area contributed by atoms with Crippen LogP contribution in [0.5, 0.6) is 5.75 Å². The van der Waals surface area contributed by atoms with Crippen molar-refractivity contribution in [1.29, 1.82) is 0 Å². The molecule has 2 rings (SSSR count). The maximum Gasteiger partial charge on any atom is 0.165 e. The summed E-state index contributed by atoms with van der Waals surface area (Å²) >= 11 is 0. The largest absolute Gasteiger partial charge is 0.494 e. The fourth-order valence-corrected chi connectivity index (χ4v) is 1.74. The summed E-state index contributed by atoms with van der Waals surface area (Å²) in [6.45, 7) is 0. The van der Waals surface area contributed by atoms with Crippen molar-refractivity contribution in [3.05, 3.63) is 53.5 Å². The van der Waals surface area contributed by atoms with Crippen molar-refractivity contribution in [3.8, 4) is 5.75 Å². The summed E-state index contributed by atoms with van der Waals surface area (Å²) in [6, 6.07) is 7.57. The molecule has 0 spiro atoms. The fourth-order valence-electron chi connectivity index (χ4n) is 1.74. The number of methoxy groups -OCH3 is 1. The molecule has 1 atom stereocenters. The summed E-state index contributed by atoms with van der Waals surface area (Å²) < 4.78 is 18.2. The Kier molecular flexibility index (Phi) is 3.43. The number of nitrogens with zero attached hydrogens (tertiary/aromatic N) is 1. The average Bonchev–Trinajstić information content (AvgIpc) is 2.39. The second kappa shape index (κ2) is 5.01. The smallest absolute Gasteiger partial charge is 0.165 e. The molecule has 0 saturated carbocycles. The Balaban J connectivity index is 2.40. The Bertz CT molecular complexity index is 560. The van der Waals surface area contributed by atoms with Gasteiger partial charge in [0.15, 0.2) is 11.6 Å². The first-order valence-corrected chi connectivity index (χ1v) is 5.43. The van der Waals surface area contributed by atoms with Gasteiger partial charge in [-0.2, -0.15) is 0 Å². The number of ether oxygens (including phenoxy) is 1. The molecule has 0 aliphatic heterocycles. The van der Waals surface area contributed by atoms with Crippen LogP contribution in [0, 0.1) is 5.82 Å². The Morgan fingerprint density at radius 2 is 2.11 bits per heavy atom. The van der Waals surface area contributed by atoms with Gasteiger partial charge in [-0.15, -0.1) is 0 Å². The van der Waals surface area contributed by atoms with Gasteiger partial charge in [0.25, 0.3) is 0 Å². The van der Waals surface area contributed by atoms with Crippen molar-refractivity contribution in [2.45, 2.75) is 6.04 Å². The van der Waals surface area contributed by atoms with E-state index in [2.05, 4.69) is 4.98 Å². The Morgan fingerprint density at radius 1 is 1.33 bits per heavy atom. The van der Waals surface area contributed by atoms with Crippen LogP contribution in [0.1, 0.15) is 17.2 Å². The molecule has 4 nitrogen and oxygen atoms in total. The first-order valence-electron chi connectivity index (χ1n) is 5.43. The van der Waals surface area contributed by atoms with Crippen LogP contribution in [-0.4, -0.2) is 12.1 Å². The van der Waals surface area contributed by atoms with Gasteiger partial charge < -0.3 is 16.2 Å². The number of nitrogen functional groups attached to an aromatic ring is 1. The zero-order valence-electron chi connectivity index (χ0n) is 9.93. The molecule has 0 saturated heterocycles. The molecule has 0 fully saturated rings. The Labute approximate surface area is 104 Å². The highest BCUT2D eigenvalue weighted by atomic mass is 19.1. The minimum Gasteiger partial charge on any atom is -0.494 e. The van der Waals surface area contributed by atoms with E-state index in [4.69, 9.17) is 16.2 Å². The van der Waals surface area contributed by atoms with E-state index in [1.54, 1.807) is 30.5 Å². The molecule has 94 valence electrons. The van der Waals surface area contributed by atoms with E-state index in [0.29, 0.717) is 16.9 Å². The van der Waals surface area contributed by atoms with Gasteiger partial charge in [0, 0.05) is 11.8 Å². The van der Waals surface area contributed by atoms with E-state index in [-0.39, 0.29) is 5.75 Å². The number of anilines is 1. The molecule has 0 aliphatic rings. The lowest BCUT2D eigenvalue weighted by molar-refractivity contribution is 0.385. The highest BCUT2D eigenvalue weighted by molar-refractivity contribution is 5.46. The summed E-state index contributed by atoms with van der Waals surface area (Å²) in [5, 5.41) is 0. The molecule has 1 unspecified atom stereocenters. The molecule has 18 heavy (non-hydrogen) atoms. The van der Waals surface area contributed by atoms with Crippen molar-refractivity contribution in [1.82, 2.24) is 4.98 Å². The van der Waals surface area contributed by atoms with Crippen molar-refractivity contribution >= 4 is 5.82 Å². The van der Waals surface area contributed by atoms with E-state index in [9.17, 15) is 4.39 Å².